The molecule has 0 spiro atoms. The van der Waals surface area contributed by atoms with Crippen molar-refractivity contribution in [2.45, 2.75) is 37.1 Å². The van der Waals surface area contributed by atoms with Crippen molar-refractivity contribution in [2.24, 2.45) is 0 Å². The van der Waals surface area contributed by atoms with Crippen LogP contribution in [0.3, 0.4) is 0 Å². The van der Waals surface area contributed by atoms with Crippen LogP contribution >= 0.6 is 0 Å². The van der Waals surface area contributed by atoms with Crippen LogP contribution in [0.2, 0.25) is 0 Å². The van der Waals surface area contributed by atoms with E-state index in [1.807, 2.05) is 23.1 Å². The van der Waals surface area contributed by atoms with Crippen molar-refractivity contribution in [3.63, 3.8) is 0 Å². The Morgan fingerprint density at radius 1 is 1.12 bits per heavy atom. The van der Waals surface area contributed by atoms with E-state index in [9.17, 15) is 13.2 Å². The van der Waals surface area contributed by atoms with Crippen molar-refractivity contribution in [3.8, 4) is 6.07 Å². The first-order chi connectivity index (χ1) is 16.4. The van der Waals surface area contributed by atoms with Gasteiger partial charge in [0.25, 0.3) is 0 Å². The van der Waals surface area contributed by atoms with Gasteiger partial charge in [-0.3, -0.25) is 9.69 Å². The van der Waals surface area contributed by atoms with Gasteiger partial charge in [0.15, 0.2) is 0 Å². The smallest absolute Gasteiger partial charge is 0.243 e. The molecule has 178 valence electrons. The second-order valence-electron chi connectivity index (χ2n) is 8.82. The minimum Gasteiger partial charge on any atom is -0.311 e. The van der Waals surface area contributed by atoms with E-state index in [1.54, 1.807) is 39.5 Å². The van der Waals surface area contributed by atoms with Crippen LogP contribution in [0.25, 0.3) is 0 Å². The van der Waals surface area contributed by atoms with E-state index in [-0.39, 0.29) is 12.5 Å². The third kappa shape index (κ3) is 5.22. The molecule has 2 aliphatic heterocycles. The minimum atomic E-state index is -3.49. The van der Waals surface area contributed by atoms with Crippen molar-refractivity contribution in [1.29, 1.82) is 5.26 Å². The standard InChI is InChI=1S/C26H30N4O3S/c1-2-12-28(19-22-8-5-7-21(16-22)18-27)20-26(31)30-15-6-9-23-17-24(10-11-25(23)30)34(32,33)29-13-3-4-14-29/h2,5,7-8,10-11,16-17H,1,3-4,6,9,12-15,19-20H2. The number of amides is 1. The molecule has 0 saturated carbocycles. The molecule has 0 atom stereocenters. The van der Waals surface area contributed by atoms with E-state index < -0.39 is 10.0 Å². The lowest BCUT2D eigenvalue weighted by Crippen LogP contribution is -2.42. The van der Waals surface area contributed by atoms with Crippen LogP contribution in [0.5, 0.6) is 0 Å². The van der Waals surface area contributed by atoms with Crippen LogP contribution in [0.15, 0.2) is 60.0 Å². The molecular formula is C26H30N4O3S. The average molecular weight is 479 g/mol. The molecule has 2 heterocycles. The number of nitriles is 1. The first-order valence-electron chi connectivity index (χ1n) is 11.7. The second-order valence-corrected chi connectivity index (χ2v) is 10.8. The molecule has 4 rings (SSSR count). The summed E-state index contributed by atoms with van der Waals surface area (Å²) in [6.07, 6.45) is 5.10. The molecule has 0 aliphatic carbocycles. The Kier molecular flexibility index (Phi) is 7.47. The largest absolute Gasteiger partial charge is 0.311 e. The summed E-state index contributed by atoms with van der Waals surface area (Å²) < 4.78 is 27.5. The summed E-state index contributed by atoms with van der Waals surface area (Å²) in [5.41, 5.74) is 3.25. The van der Waals surface area contributed by atoms with Crippen LogP contribution in [-0.2, 0) is 27.8 Å². The predicted octanol–water partition coefficient (Wildman–Crippen LogP) is 3.31. The Morgan fingerprint density at radius 2 is 1.91 bits per heavy atom. The van der Waals surface area contributed by atoms with Gasteiger partial charge in [0.1, 0.15) is 0 Å². The van der Waals surface area contributed by atoms with Gasteiger partial charge in [-0.25, -0.2) is 8.42 Å². The molecule has 2 aliphatic rings. The van der Waals surface area contributed by atoms with E-state index in [4.69, 9.17) is 5.26 Å². The van der Waals surface area contributed by atoms with Gasteiger partial charge in [0, 0.05) is 38.4 Å². The number of rotatable bonds is 8. The number of sulfonamides is 1. The van der Waals surface area contributed by atoms with Gasteiger partial charge in [0.2, 0.25) is 15.9 Å². The van der Waals surface area contributed by atoms with Gasteiger partial charge in [0.05, 0.1) is 23.1 Å². The van der Waals surface area contributed by atoms with Crippen molar-refractivity contribution in [1.82, 2.24) is 9.21 Å². The fourth-order valence-electron chi connectivity index (χ4n) is 4.71. The molecular weight excluding hydrogens is 448 g/mol. The molecule has 0 aromatic heterocycles. The molecule has 1 amide bonds. The van der Waals surface area contributed by atoms with Gasteiger partial charge >= 0.3 is 0 Å². The van der Waals surface area contributed by atoms with Gasteiger partial charge in [-0.05, 0) is 67.1 Å². The minimum absolute atomic E-state index is 0.0330. The molecule has 7 nitrogen and oxygen atoms in total. The highest BCUT2D eigenvalue weighted by Crippen LogP contribution is 2.31. The molecule has 0 radical (unpaired) electrons. The summed E-state index contributed by atoms with van der Waals surface area (Å²) >= 11 is 0. The van der Waals surface area contributed by atoms with E-state index in [1.165, 1.54) is 0 Å². The highest BCUT2D eigenvalue weighted by Gasteiger charge is 2.30. The topological polar surface area (TPSA) is 84.7 Å². The second kappa shape index (κ2) is 10.5. The number of carbonyl (C=O) groups is 1. The van der Waals surface area contributed by atoms with E-state index >= 15 is 0 Å². The molecule has 0 unspecified atom stereocenters. The molecule has 1 saturated heterocycles. The zero-order valence-corrected chi connectivity index (χ0v) is 20.1. The lowest BCUT2D eigenvalue weighted by Gasteiger charge is -2.32. The SMILES string of the molecule is C=CCN(CC(=O)N1CCCc2cc(S(=O)(=O)N3CCCC3)ccc21)Cc1cccc(C#N)c1. The van der Waals surface area contributed by atoms with Crippen LogP contribution in [-0.4, -0.2) is 56.3 Å². The zero-order chi connectivity index (χ0) is 24.1. The van der Waals surface area contributed by atoms with E-state index in [0.717, 1.165) is 42.5 Å². The Morgan fingerprint density at radius 3 is 2.65 bits per heavy atom. The number of fused-ring (bicyclic) bond motifs is 1. The number of hydrogen-bond donors (Lipinski definition) is 0. The number of carbonyl (C=O) groups excluding carboxylic acids is 1. The Labute approximate surface area is 201 Å². The van der Waals surface area contributed by atoms with E-state index in [2.05, 4.69) is 12.6 Å². The van der Waals surface area contributed by atoms with Gasteiger partial charge in [-0.1, -0.05) is 18.2 Å². The van der Waals surface area contributed by atoms with Gasteiger partial charge in [-0.15, -0.1) is 6.58 Å². The van der Waals surface area contributed by atoms with Crippen molar-refractivity contribution in [2.75, 3.05) is 37.6 Å². The first-order valence-corrected chi connectivity index (χ1v) is 13.1. The van der Waals surface area contributed by atoms with Gasteiger partial charge < -0.3 is 4.90 Å². The fourth-order valence-corrected chi connectivity index (χ4v) is 6.28. The molecule has 8 heteroatoms. The lowest BCUT2D eigenvalue weighted by molar-refractivity contribution is -0.119. The number of aryl methyl sites for hydroxylation is 1. The zero-order valence-electron chi connectivity index (χ0n) is 19.3. The maximum absolute atomic E-state index is 13.3. The highest BCUT2D eigenvalue weighted by atomic mass is 32.2. The highest BCUT2D eigenvalue weighted by molar-refractivity contribution is 7.89. The Balaban J connectivity index is 1.51. The van der Waals surface area contributed by atoms with Crippen LogP contribution in [0.4, 0.5) is 5.69 Å². The summed E-state index contributed by atoms with van der Waals surface area (Å²) in [5.74, 6) is -0.0330. The number of hydrogen-bond acceptors (Lipinski definition) is 5. The molecule has 34 heavy (non-hydrogen) atoms. The maximum Gasteiger partial charge on any atom is 0.243 e. The normalized spacial score (nSPS) is 16.3. The third-order valence-corrected chi connectivity index (χ3v) is 8.28. The Bertz CT molecular complexity index is 1210. The summed E-state index contributed by atoms with van der Waals surface area (Å²) in [7, 11) is -3.49. The lowest BCUT2D eigenvalue weighted by atomic mass is 10.0. The quantitative estimate of drug-likeness (QED) is 0.544. The number of nitrogens with zero attached hydrogens (tertiary/aromatic N) is 4. The van der Waals surface area contributed by atoms with Gasteiger partial charge in [-0.2, -0.15) is 9.57 Å². The summed E-state index contributed by atoms with van der Waals surface area (Å²) in [6.45, 7) is 6.84. The fraction of sp³-hybridized carbons (Fsp3) is 0.385. The monoisotopic (exact) mass is 478 g/mol. The van der Waals surface area contributed by atoms with Crippen LogP contribution in [0.1, 0.15) is 36.0 Å². The molecule has 2 aromatic carbocycles. The van der Waals surface area contributed by atoms with Crippen LogP contribution in [0, 0.1) is 11.3 Å². The molecule has 0 bridgehead atoms. The Hall–Kier alpha value is -2.99. The number of benzene rings is 2. The predicted molar refractivity (Wildman–Crippen MR) is 132 cm³/mol. The molecule has 0 N–H and O–H groups in total. The average Bonchev–Trinajstić information content (AvgIpc) is 3.39. The first kappa shape index (κ1) is 24.1. The summed E-state index contributed by atoms with van der Waals surface area (Å²) in [5, 5.41) is 9.16. The number of anilines is 1. The van der Waals surface area contributed by atoms with Crippen molar-refractivity contribution < 1.29 is 13.2 Å². The summed E-state index contributed by atoms with van der Waals surface area (Å²) in [6, 6.07) is 14.7. The maximum atomic E-state index is 13.3. The third-order valence-electron chi connectivity index (χ3n) is 6.38. The van der Waals surface area contributed by atoms with Crippen molar-refractivity contribution in [3.05, 3.63) is 71.8 Å². The van der Waals surface area contributed by atoms with Crippen molar-refractivity contribution >= 4 is 21.6 Å². The molecule has 1 fully saturated rings. The molecule has 2 aromatic rings. The van der Waals surface area contributed by atoms with E-state index in [0.29, 0.717) is 43.2 Å². The van der Waals surface area contributed by atoms with Crippen LogP contribution < -0.4 is 4.90 Å². The summed E-state index contributed by atoms with van der Waals surface area (Å²) in [4.78, 5) is 17.4.